The van der Waals surface area contributed by atoms with Crippen LogP contribution in [0, 0.1) is 6.92 Å². The van der Waals surface area contributed by atoms with Crippen molar-refractivity contribution in [2.45, 2.75) is 51.9 Å². The highest BCUT2D eigenvalue weighted by molar-refractivity contribution is 5.19. The molecule has 16 heavy (non-hydrogen) atoms. The molecule has 1 aliphatic rings. The van der Waals surface area contributed by atoms with Gasteiger partial charge in [0.25, 0.3) is 0 Å². The summed E-state index contributed by atoms with van der Waals surface area (Å²) in [6.07, 6.45) is 5.56. The molecule has 1 aromatic rings. The largest absolute Gasteiger partial charge is 0.465 e. The van der Waals surface area contributed by atoms with Crippen molar-refractivity contribution in [1.29, 1.82) is 0 Å². The molecule has 0 saturated heterocycles. The smallest absolute Gasteiger partial charge is 0.118 e. The fourth-order valence-corrected chi connectivity index (χ4v) is 2.25. The van der Waals surface area contributed by atoms with Crippen LogP contribution in [-0.2, 0) is 17.9 Å². The van der Waals surface area contributed by atoms with Gasteiger partial charge in [0.15, 0.2) is 0 Å². The Hall–Kier alpha value is -0.800. The molecule has 1 N–H and O–H groups in total. The van der Waals surface area contributed by atoms with Gasteiger partial charge in [-0.25, -0.2) is 0 Å². The zero-order valence-corrected chi connectivity index (χ0v) is 10.2. The second-order valence-electron chi connectivity index (χ2n) is 4.54. The normalized spacial score (nSPS) is 17.1. The molecule has 0 radical (unpaired) electrons. The van der Waals surface area contributed by atoms with E-state index in [4.69, 9.17) is 9.15 Å². The lowest BCUT2D eigenvalue weighted by molar-refractivity contribution is 0.0451. The second kappa shape index (κ2) is 5.51. The quantitative estimate of drug-likeness (QED) is 0.833. The van der Waals surface area contributed by atoms with Crippen molar-refractivity contribution in [2.75, 3.05) is 7.05 Å². The zero-order valence-electron chi connectivity index (χ0n) is 10.2. The van der Waals surface area contributed by atoms with Crippen LogP contribution >= 0.6 is 0 Å². The molecule has 0 bridgehead atoms. The van der Waals surface area contributed by atoms with Crippen LogP contribution in [0.15, 0.2) is 10.5 Å². The van der Waals surface area contributed by atoms with Crippen LogP contribution in [0.1, 0.15) is 42.8 Å². The first-order valence-corrected chi connectivity index (χ1v) is 6.14. The summed E-state index contributed by atoms with van der Waals surface area (Å²) in [6, 6.07) is 2.10. The van der Waals surface area contributed by atoms with Crippen LogP contribution in [-0.4, -0.2) is 13.2 Å². The number of furan rings is 1. The van der Waals surface area contributed by atoms with Gasteiger partial charge in [-0.1, -0.05) is 12.8 Å². The Morgan fingerprint density at radius 2 is 2.19 bits per heavy atom. The molecule has 0 spiro atoms. The molecule has 1 aliphatic carbocycles. The number of aryl methyl sites for hydroxylation is 1. The third-order valence-corrected chi connectivity index (χ3v) is 3.20. The Bertz CT molecular complexity index is 327. The fourth-order valence-electron chi connectivity index (χ4n) is 2.25. The van der Waals surface area contributed by atoms with Crippen molar-refractivity contribution in [3.63, 3.8) is 0 Å². The Morgan fingerprint density at radius 3 is 2.88 bits per heavy atom. The standard InChI is InChI=1S/C13H21NO2/c1-10-11(7-13(16-10)8-14-2)9-15-12-5-3-4-6-12/h7,12,14H,3-6,8-9H2,1-2H3. The van der Waals surface area contributed by atoms with E-state index in [9.17, 15) is 0 Å². The number of rotatable bonds is 5. The summed E-state index contributed by atoms with van der Waals surface area (Å²) in [5.74, 6) is 1.98. The van der Waals surface area contributed by atoms with Gasteiger partial charge < -0.3 is 14.5 Å². The van der Waals surface area contributed by atoms with Gasteiger partial charge in [-0.2, -0.15) is 0 Å². The van der Waals surface area contributed by atoms with E-state index >= 15 is 0 Å². The molecule has 3 heteroatoms. The topological polar surface area (TPSA) is 34.4 Å². The van der Waals surface area contributed by atoms with Gasteiger partial charge >= 0.3 is 0 Å². The average Bonchev–Trinajstić information content (AvgIpc) is 2.86. The third kappa shape index (κ3) is 2.86. The minimum Gasteiger partial charge on any atom is -0.465 e. The molecule has 0 unspecified atom stereocenters. The van der Waals surface area contributed by atoms with E-state index in [1.807, 2.05) is 14.0 Å². The number of hydrogen-bond donors (Lipinski definition) is 1. The predicted molar refractivity (Wildman–Crippen MR) is 63.3 cm³/mol. The van der Waals surface area contributed by atoms with Crippen LogP contribution in [0.5, 0.6) is 0 Å². The maximum Gasteiger partial charge on any atom is 0.118 e. The highest BCUT2D eigenvalue weighted by Gasteiger charge is 2.16. The average molecular weight is 223 g/mol. The van der Waals surface area contributed by atoms with Gasteiger partial charge in [0.1, 0.15) is 11.5 Å². The van der Waals surface area contributed by atoms with Crippen LogP contribution in [0.3, 0.4) is 0 Å². The number of nitrogens with one attached hydrogen (secondary N) is 1. The van der Waals surface area contributed by atoms with E-state index in [0.29, 0.717) is 12.7 Å². The summed E-state index contributed by atoms with van der Waals surface area (Å²) in [4.78, 5) is 0. The predicted octanol–water partition coefficient (Wildman–Crippen LogP) is 2.77. The van der Waals surface area contributed by atoms with Crippen molar-refractivity contribution < 1.29 is 9.15 Å². The van der Waals surface area contributed by atoms with E-state index in [0.717, 1.165) is 18.1 Å². The first-order valence-electron chi connectivity index (χ1n) is 6.14. The van der Waals surface area contributed by atoms with Crippen molar-refractivity contribution >= 4 is 0 Å². The summed E-state index contributed by atoms with van der Waals surface area (Å²) < 4.78 is 11.5. The summed E-state index contributed by atoms with van der Waals surface area (Å²) >= 11 is 0. The number of ether oxygens (including phenoxy) is 1. The minimum atomic E-state index is 0.474. The van der Waals surface area contributed by atoms with Crippen LogP contribution in [0.25, 0.3) is 0 Å². The Labute approximate surface area is 97.2 Å². The van der Waals surface area contributed by atoms with E-state index < -0.39 is 0 Å². The van der Waals surface area contributed by atoms with Gasteiger partial charge in [0.05, 0.1) is 19.3 Å². The maximum absolute atomic E-state index is 5.88. The van der Waals surface area contributed by atoms with Gasteiger partial charge in [-0.3, -0.25) is 0 Å². The van der Waals surface area contributed by atoms with E-state index in [1.54, 1.807) is 0 Å². The molecular weight excluding hydrogens is 202 g/mol. The first-order chi connectivity index (χ1) is 7.79. The lowest BCUT2D eigenvalue weighted by Crippen LogP contribution is -2.07. The maximum atomic E-state index is 5.88. The first kappa shape index (κ1) is 11.7. The molecule has 90 valence electrons. The van der Waals surface area contributed by atoms with Crippen LogP contribution in [0.2, 0.25) is 0 Å². The molecule has 0 atom stereocenters. The van der Waals surface area contributed by atoms with Gasteiger partial charge in [-0.05, 0) is 32.9 Å². The van der Waals surface area contributed by atoms with E-state index in [-0.39, 0.29) is 0 Å². The van der Waals surface area contributed by atoms with Gasteiger partial charge in [-0.15, -0.1) is 0 Å². The second-order valence-corrected chi connectivity index (χ2v) is 4.54. The molecule has 1 saturated carbocycles. The molecule has 3 nitrogen and oxygen atoms in total. The fraction of sp³-hybridized carbons (Fsp3) is 0.692. The van der Waals surface area contributed by atoms with Crippen molar-refractivity contribution in [2.24, 2.45) is 0 Å². The Morgan fingerprint density at radius 1 is 1.44 bits per heavy atom. The molecule has 1 fully saturated rings. The highest BCUT2D eigenvalue weighted by Crippen LogP contribution is 2.23. The highest BCUT2D eigenvalue weighted by atomic mass is 16.5. The van der Waals surface area contributed by atoms with E-state index in [1.165, 1.54) is 31.2 Å². The molecule has 1 aromatic heterocycles. The molecular formula is C13H21NO2. The summed E-state index contributed by atoms with van der Waals surface area (Å²) in [6.45, 7) is 3.49. The summed E-state index contributed by atoms with van der Waals surface area (Å²) in [5.41, 5.74) is 1.19. The minimum absolute atomic E-state index is 0.474. The number of hydrogen-bond acceptors (Lipinski definition) is 3. The Balaban J connectivity index is 1.87. The van der Waals surface area contributed by atoms with Crippen LogP contribution in [0.4, 0.5) is 0 Å². The SMILES string of the molecule is CNCc1cc(COC2CCCC2)c(C)o1. The van der Waals surface area contributed by atoms with Crippen LogP contribution < -0.4 is 5.32 Å². The molecule has 0 amide bonds. The molecule has 0 aliphatic heterocycles. The lowest BCUT2D eigenvalue weighted by Gasteiger charge is -2.09. The van der Waals surface area contributed by atoms with Gasteiger partial charge in [0.2, 0.25) is 0 Å². The zero-order chi connectivity index (χ0) is 11.4. The molecule has 0 aromatic carbocycles. The van der Waals surface area contributed by atoms with Crippen molar-refractivity contribution in [3.05, 3.63) is 23.2 Å². The third-order valence-electron chi connectivity index (χ3n) is 3.20. The van der Waals surface area contributed by atoms with E-state index in [2.05, 4.69) is 11.4 Å². The van der Waals surface area contributed by atoms with Gasteiger partial charge in [0, 0.05) is 5.56 Å². The van der Waals surface area contributed by atoms with Crippen molar-refractivity contribution in [1.82, 2.24) is 5.32 Å². The van der Waals surface area contributed by atoms with Crippen molar-refractivity contribution in [3.8, 4) is 0 Å². The lowest BCUT2D eigenvalue weighted by atomic mass is 10.2. The molecule has 1 heterocycles. The molecule has 2 rings (SSSR count). The Kier molecular flexibility index (Phi) is 4.02. The summed E-state index contributed by atoms with van der Waals surface area (Å²) in [5, 5.41) is 3.09. The monoisotopic (exact) mass is 223 g/mol. The summed E-state index contributed by atoms with van der Waals surface area (Å²) in [7, 11) is 1.92.